The molecule has 7 nitrogen and oxygen atoms in total. The first-order valence-electron chi connectivity index (χ1n) is 9.75. The molecule has 0 bridgehead atoms. The maximum absolute atomic E-state index is 12.3. The minimum absolute atomic E-state index is 0.0273. The smallest absolute Gasteiger partial charge is 0.234 e. The molecule has 5 rings (SSSR count). The lowest BCUT2D eigenvalue weighted by atomic mass is 10.00. The molecule has 0 spiro atoms. The summed E-state index contributed by atoms with van der Waals surface area (Å²) in [5.41, 5.74) is 8.80. The van der Waals surface area contributed by atoms with E-state index in [0.717, 1.165) is 22.3 Å². The molecule has 0 saturated carbocycles. The molecule has 3 heterocycles. The Hall–Kier alpha value is -2.68. The van der Waals surface area contributed by atoms with Crippen LogP contribution in [0.1, 0.15) is 18.0 Å². The maximum atomic E-state index is 12.3. The third-order valence-corrected chi connectivity index (χ3v) is 6.59. The highest BCUT2D eigenvalue weighted by atomic mass is 35.5. The van der Waals surface area contributed by atoms with Crippen molar-refractivity contribution < 1.29 is 4.79 Å². The van der Waals surface area contributed by atoms with Crippen molar-refractivity contribution >= 4 is 40.1 Å². The fraction of sp³-hybridized carbons (Fsp3) is 0.238. The summed E-state index contributed by atoms with van der Waals surface area (Å²) in [7, 11) is 0. The van der Waals surface area contributed by atoms with Crippen molar-refractivity contribution in [1.29, 1.82) is 0 Å². The summed E-state index contributed by atoms with van der Waals surface area (Å²) in [5.74, 6) is 0.247. The lowest BCUT2D eigenvalue weighted by molar-refractivity contribution is -0.113. The van der Waals surface area contributed by atoms with Crippen LogP contribution in [0.3, 0.4) is 0 Å². The van der Waals surface area contributed by atoms with Gasteiger partial charge in [-0.2, -0.15) is 5.10 Å². The van der Waals surface area contributed by atoms with Gasteiger partial charge >= 0.3 is 0 Å². The molecule has 2 aromatic carbocycles. The number of carbonyl (C=O) groups is 1. The van der Waals surface area contributed by atoms with Crippen LogP contribution < -0.4 is 16.2 Å². The number of fused-ring (bicyclic) bond motifs is 3. The van der Waals surface area contributed by atoms with E-state index in [4.69, 9.17) is 11.6 Å². The van der Waals surface area contributed by atoms with Gasteiger partial charge < -0.3 is 15.2 Å². The summed E-state index contributed by atoms with van der Waals surface area (Å²) >= 11 is 7.45. The number of amides is 1. The summed E-state index contributed by atoms with van der Waals surface area (Å²) in [5, 5.41) is 11.1. The molecule has 1 amide bonds. The predicted octanol–water partition coefficient (Wildman–Crippen LogP) is 3.32. The summed E-state index contributed by atoms with van der Waals surface area (Å²) in [6, 6.07) is 17.9. The number of benzene rings is 2. The lowest BCUT2D eigenvalue weighted by Crippen LogP contribution is -2.54. The molecule has 3 unspecified atom stereocenters. The van der Waals surface area contributed by atoms with E-state index in [0.29, 0.717) is 5.75 Å². The quantitative estimate of drug-likeness (QED) is 0.677. The molecule has 30 heavy (non-hydrogen) atoms. The molecule has 2 aromatic rings. The molecule has 1 fully saturated rings. The Morgan fingerprint density at radius 2 is 1.97 bits per heavy atom. The molecule has 3 aliphatic heterocycles. The number of para-hydroxylation sites is 1. The van der Waals surface area contributed by atoms with Crippen molar-refractivity contribution in [1.82, 2.24) is 20.8 Å². The standard InChI is InChI=1S/C21H21ClN6OS/c22-15-8-6-14(7-9-15)17-12-18-20-24-25-21(27(20)10-11-28(18)26-17)30-13-19(29)23-16-4-2-1-3-5-16/h1-11,17-18,20,24,26H,12-13H2,(H,23,29). The monoisotopic (exact) mass is 440 g/mol. The molecule has 3 aliphatic rings. The first kappa shape index (κ1) is 19.3. The SMILES string of the molecule is O=C(CSC1=NNC2C3CC(c4ccc(Cl)cc4)NN3C=CN12)Nc1ccccc1. The molecular formula is C21H21ClN6OS. The third kappa shape index (κ3) is 3.86. The van der Waals surface area contributed by atoms with Crippen LogP contribution >= 0.6 is 23.4 Å². The van der Waals surface area contributed by atoms with E-state index in [-0.39, 0.29) is 24.2 Å². The van der Waals surface area contributed by atoms with Gasteiger partial charge in [0.15, 0.2) is 5.17 Å². The minimum atomic E-state index is -0.0506. The predicted molar refractivity (Wildman–Crippen MR) is 120 cm³/mol. The second-order valence-corrected chi connectivity index (χ2v) is 8.70. The zero-order valence-electron chi connectivity index (χ0n) is 16.0. The normalized spacial score (nSPS) is 24.2. The van der Waals surface area contributed by atoms with Gasteiger partial charge in [-0.05, 0) is 36.2 Å². The molecular weight excluding hydrogens is 420 g/mol. The Morgan fingerprint density at radius 1 is 1.17 bits per heavy atom. The number of anilines is 1. The largest absolute Gasteiger partial charge is 0.325 e. The van der Waals surface area contributed by atoms with Crippen LogP contribution in [-0.4, -0.2) is 38.9 Å². The first-order chi connectivity index (χ1) is 14.7. The molecule has 3 N–H and O–H groups in total. The summed E-state index contributed by atoms with van der Waals surface area (Å²) in [6.07, 6.45) is 4.99. The van der Waals surface area contributed by atoms with Gasteiger partial charge in [0.05, 0.1) is 17.8 Å². The number of carbonyl (C=O) groups excluding carboxylic acids is 1. The van der Waals surface area contributed by atoms with Gasteiger partial charge in [0.1, 0.15) is 6.17 Å². The van der Waals surface area contributed by atoms with Crippen molar-refractivity contribution in [2.45, 2.75) is 24.7 Å². The highest BCUT2D eigenvalue weighted by Gasteiger charge is 2.44. The van der Waals surface area contributed by atoms with Gasteiger partial charge in [0.2, 0.25) is 5.91 Å². The van der Waals surface area contributed by atoms with Crippen LogP contribution in [-0.2, 0) is 4.79 Å². The number of rotatable bonds is 4. The average Bonchev–Trinajstić information content (AvgIpc) is 3.37. The summed E-state index contributed by atoms with van der Waals surface area (Å²) < 4.78 is 0. The van der Waals surface area contributed by atoms with E-state index in [1.165, 1.54) is 17.3 Å². The van der Waals surface area contributed by atoms with E-state index >= 15 is 0 Å². The van der Waals surface area contributed by atoms with Crippen LogP contribution in [0.25, 0.3) is 0 Å². The lowest BCUT2D eigenvalue weighted by Gasteiger charge is -2.36. The zero-order valence-corrected chi connectivity index (χ0v) is 17.6. The van der Waals surface area contributed by atoms with E-state index in [1.807, 2.05) is 54.9 Å². The van der Waals surface area contributed by atoms with E-state index in [2.05, 4.69) is 43.3 Å². The van der Waals surface area contributed by atoms with E-state index in [9.17, 15) is 4.79 Å². The number of hydrogen-bond donors (Lipinski definition) is 3. The summed E-state index contributed by atoms with van der Waals surface area (Å²) in [6.45, 7) is 0. The van der Waals surface area contributed by atoms with Crippen LogP contribution in [0.15, 0.2) is 72.1 Å². The number of hydrazone groups is 1. The Morgan fingerprint density at radius 3 is 2.77 bits per heavy atom. The molecule has 0 radical (unpaired) electrons. The van der Waals surface area contributed by atoms with Gasteiger partial charge in [-0.1, -0.05) is 53.7 Å². The van der Waals surface area contributed by atoms with E-state index in [1.54, 1.807) is 0 Å². The Balaban J connectivity index is 1.19. The van der Waals surface area contributed by atoms with Crippen LogP contribution in [0.4, 0.5) is 5.69 Å². The molecule has 0 aromatic heterocycles. The molecule has 9 heteroatoms. The highest BCUT2D eigenvalue weighted by Crippen LogP contribution is 2.35. The number of thioether (sulfide) groups is 1. The molecule has 154 valence electrons. The van der Waals surface area contributed by atoms with Gasteiger partial charge in [0, 0.05) is 23.1 Å². The topological polar surface area (TPSA) is 72.0 Å². The van der Waals surface area contributed by atoms with Gasteiger partial charge in [0.25, 0.3) is 0 Å². The van der Waals surface area contributed by atoms with Crippen molar-refractivity contribution in [2.75, 3.05) is 11.1 Å². The fourth-order valence-electron chi connectivity index (χ4n) is 3.91. The summed E-state index contributed by atoms with van der Waals surface area (Å²) in [4.78, 5) is 14.4. The zero-order chi connectivity index (χ0) is 20.5. The van der Waals surface area contributed by atoms with Crippen molar-refractivity contribution in [2.24, 2.45) is 5.10 Å². The second kappa shape index (κ2) is 8.22. The Kier molecular flexibility index (Phi) is 5.28. The molecule has 3 atom stereocenters. The number of amidine groups is 1. The third-order valence-electron chi connectivity index (χ3n) is 5.37. The Bertz CT molecular complexity index is 983. The fourth-order valence-corrected chi connectivity index (χ4v) is 4.81. The minimum Gasteiger partial charge on any atom is -0.325 e. The number of nitrogens with zero attached hydrogens (tertiary/aromatic N) is 3. The van der Waals surface area contributed by atoms with Crippen molar-refractivity contribution in [3.63, 3.8) is 0 Å². The second-order valence-electron chi connectivity index (χ2n) is 7.32. The van der Waals surface area contributed by atoms with Crippen molar-refractivity contribution in [3.05, 3.63) is 77.6 Å². The van der Waals surface area contributed by atoms with Crippen LogP contribution in [0.5, 0.6) is 0 Å². The average molecular weight is 441 g/mol. The number of nitrogens with one attached hydrogen (secondary N) is 3. The maximum Gasteiger partial charge on any atom is 0.234 e. The van der Waals surface area contributed by atoms with E-state index < -0.39 is 0 Å². The van der Waals surface area contributed by atoms with Crippen molar-refractivity contribution in [3.8, 4) is 0 Å². The number of hydrazine groups is 1. The Labute approximate surface area is 184 Å². The first-order valence-corrected chi connectivity index (χ1v) is 11.1. The van der Waals surface area contributed by atoms with Crippen LogP contribution in [0.2, 0.25) is 5.02 Å². The highest BCUT2D eigenvalue weighted by molar-refractivity contribution is 8.14. The number of halogens is 1. The van der Waals surface area contributed by atoms with Crippen LogP contribution in [0, 0.1) is 0 Å². The van der Waals surface area contributed by atoms with Gasteiger partial charge in [-0.25, -0.2) is 5.43 Å². The van der Waals surface area contributed by atoms with Gasteiger partial charge in [-0.3, -0.25) is 10.2 Å². The molecule has 1 saturated heterocycles. The number of hydrogen-bond acceptors (Lipinski definition) is 7. The molecule has 0 aliphatic carbocycles. The van der Waals surface area contributed by atoms with Gasteiger partial charge in [-0.15, -0.1) is 0 Å².